The zero-order chi connectivity index (χ0) is 10.7. The molecule has 15 heavy (non-hydrogen) atoms. The highest BCUT2D eigenvalue weighted by Crippen LogP contribution is 2.24. The minimum Gasteiger partial charge on any atom is -0.472 e. The largest absolute Gasteiger partial charge is 0.472 e. The van der Waals surface area contributed by atoms with Crippen molar-refractivity contribution in [2.45, 2.75) is 12.5 Å². The van der Waals surface area contributed by atoms with E-state index in [1.54, 1.807) is 24.8 Å². The fourth-order valence-electron chi connectivity index (χ4n) is 1.40. The molecular formula is C11H10ClNO2. The van der Waals surface area contributed by atoms with E-state index in [1.165, 1.54) is 6.20 Å². The maximum atomic E-state index is 9.92. The standard InChI is InChI=1S/C11H10ClNO2/c12-10-6-13-3-1-9(10)11(14)5-8-2-4-15-7-8/h1-4,6-7,11,14H,5H2. The van der Waals surface area contributed by atoms with Gasteiger partial charge in [-0.15, -0.1) is 0 Å². The Morgan fingerprint density at radius 2 is 2.33 bits per heavy atom. The van der Waals surface area contributed by atoms with Crippen molar-refractivity contribution in [3.63, 3.8) is 0 Å². The van der Waals surface area contributed by atoms with Crippen LogP contribution in [0, 0.1) is 0 Å². The number of halogens is 1. The predicted octanol–water partition coefficient (Wildman–Crippen LogP) is 2.60. The first-order chi connectivity index (χ1) is 7.27. The minimum absolute atomic E-state index is 0.480. The summed E-state index contributed by atoms with van der Waals surface area (Å²) in [7, 11) is 0. The van der Waals surface area contributed by atoms with Gasteiger partial charge in [-0.1, -0.05) is 11.6 Å². The van der Waals surface area contributed by atoms with Crippen molar-refractivity contribution in [3.8, 4) is 0 Å². The van der Waals surface area contributed by atoms with Crippen molar-refractivity contribution in [1.29, 1.82) is 0 Å². The number of rotatable bonds is 3. The molecule has 0 saturated heterocycles. The van der Waals surface area contributed by atoms with Crippen LogP contribution in [0.3, 0.4) is 0 Å². The SMILES string of the molecule is OC(Cc1ccoc1)c1ccncc1Cl. The topological polar surface area (TPSA) is 46.3 Å². The number of hydrogen-bond donors (Lipinski definition) is 1. The van der Waals surface area contributed by atoms with Gasteiger partial charge in [0.2, 0.25) is 0 Å². The van der Waals surface area contributed by atoms with Crippen molar-refractivity contribution in [2.24, 2.45) is 0 Å². The molecule has 2 aromatic heterocycles. The van der Waals surface area contributed by atoms with Crippen molar-refractivity contribution in [3.05, 3.63) is 53.2 Å². The Morgan fingerprint density at radius 1 is 1.47 bits per heavy atom. The van der Waals surface area contributed by atoms with E-state index in [4.69, 9.17) is 16.0 Å². The number of aliphatic hydroxyl groups excluding tert-OH is 1. The first-order valence-electron chi connectivity index (χ1n) is 4.56. The average Bonchev–Trinajstić information content (AvgIpc) is 2.71. The molecule has 0 spiro atoms. The van der Waals surface area contributed by atoms with Gasteiger partial charge in [0.05, 0.1) is 23.7 Å². The zero-order valence-corrected chi connectivity index (χ0v) is 8.69. The summed E-state index contributed by atoms with van der Waals surface area (Å²) in [5.74, 6) is 0. The van der Waals surface area contributed by atoms with Crippen LogP contribution in [0.1, 0.15) is 17.2 Å². The Hall–Kier alpha value is -1.32. The van der Waals surface area contributed by atoms with E-state index in [1.807, 2.05) is 6.07 Å². The van der Waals surface area contributed by atoms with E-state index in [9.17, 15) is 5.11 Å². The normalized spacial score (nSPS) is 12.7. The molecular weight excluding hydrogens is 214 g/mol. The van der Waals surface area contributed by atoms with Crippen LogP contribution >= 0.6 is 11.6 Å². The van der Waals surface area contributed by atoms with Crippen molar-refractivity contribution >= 4 is 11.6 Å². The second-order valence-corrected chi connectivity index (χ2v) is 3.66. The summed E-state index contributed by atoms with van der Waals surface area (Å²) in [4.78, 5) is 3.86. The summed E-state index contributed by atoms with van der Waals surface area (Å²) in [6.07, 6.45) is 6.18. The summed E-state index contributed by atoms with van der Waals surface area (Å²) in [6.45, 7) is 0. The Morgan fingerprint density at radius 3 is 3.00 bits per heavy atom. The summed E-state index contributed by atoms with van der Waals surface area (Å²) >= 11 is 5.91. The lowest BCUT2D eigenvalue weighted by atomic mass is 10.0. The first kappa shape index (κ1) is 10.2. The molecule has 0 aliphatic carbocycles. The summed E-state index contributed by atoms with van der Waals surface area (Å²) in [5, 5.41) is 10.4. The smallest absolute Gasteiger partial charge is 0.0935 e. The van der Waals surface area contributed by atoms with Gasteiger partial charge in [-0.25, -0.2) is 0 Å². The second kappa shape index (κ2) is 4.47. The number of aromatic nitrogens is 1. The van der Waals surface area contributed by atoms with Crippen molar-refractivity contribution < 1.29 is 9.52 Å². The molecule has 0 aliphatic rings. The number of nitrogens with zero attached hydrogens (tertiary/aromatic N) is 1. The molecule has 1 N–H and O–H groups in total. The van der Waals surface area contributed by atoms with E-state index in [-0.39, 0.29) is 0 Å². The quantitative estimate of drug-likeness (QED) is 0.870. The third-order valence-electron chi connectivity index (χ3n) is 2.17. The third-order valence-corrected chi connectivity index (χ3v) is 2.49. The fraction of sp³-hybridized carbons (Fsp3) is 0.182. The molecule has 0 amide bonds. The van der Waals surface area contributed by atoms with Gasteiger partial charge in [0.25, 0.3) is 0 Å². The van der Waals surface area contributed by atoms with Gasteiger partial charge < -0.3 is 9.52 Å². The minimum atomic E-state index is -0.627. The third kappa shape index (κ3) is 2.37. The second-order valence-electron chi connectivity index (χ2n) is 3.25. The summed E-state index contributed by atoms with van der Waals surface area (Å²) < 4.78 is 4.93. The highest BCUT2D eigenvalue weighted by molar-refractivity contribution is 6.31. The molecule has 1 atom stereocenters. The van der Waals surface area contributed by atoms with Crippen LogP contribution in [0.25, 0.3) is 0 Å². The van der Waals surface area contributed by atoms with Crippen LogP contribution in [-0.2, 0) is 6.42 Å². The van der Waals surface area contributed by atoms with Crippen LogP contribution < -0.4 is 0 Å². The Labute approximate surface area is 92.3 Å². The zero-order valence-electron chi connectivity index (χ0n) is 7.93. The molecule has 0 aromatic carbocycles. The van der Waals surface area contributed by atoms with Crippen molar-refractivity contribution in [2.75, 3.05) is 0 Å². The molecule has 2 aromatic rings. The van der Waals surface area contributed by atoms with Crippen LogP contribution in [0.15, 0.2) is 41.5 Å². The lowest BCUT2D eigenvalue weighted by Gasteiger charge is -2.10. The molecule has 4 heteroatoms. The predicted molar refractivity (Wildman–Crippen MR) is 56.6 cm³/mol. The van der Waals surface area contributed by atoms with Gasteiger partial charge in [0.1, 0.15) is 0 Å². The molecule has 1 unspecified atom stereocenters. The van der Waals surface area contributed by atoms with E-state index < -0.39 is 6.10 Å². The van der Waals surface area contributed by atoms with Crippen LogP contribution in [0.2, 0.25) is 5.02 Å². The molecule has 78 valence electrons. The summed E-state index contributed by atoms with van der Waals surface area (Å²) in [5.41, 5.74) is 1.63. The fourth-order valence-corrected chi connectivity index (χ4v) is 1.64. The number of furan rings is 1. The van der Waals surface area contributed by atoms with Gasteiger partial charge in [0.15, 0.2) is 0 Å². The van der Waals surface area contributed by atoms with E-state index in [2.05, 4.69) is 4.98 Å². The molecule has 0 bridgehead atoms. The van der Waals surface area contributed by atoms with Crippen molar-refractivity contribution in [1.82, 2.24) is 4.98 Å². The van der Waals surface area contributed by atoms with Crippen LogP contribution in [0.5, 0.6) is 0 Å². The van der Waals surface area contributed by atoms with Gasteiger partial charge in [-0.3, -0.25) is 4.98 Å². The number of aliphatic hydroxyl groups is 1. The van der Waals surface area contributed by atoms with Gasteiger partial charge in [-0.2, -0.15) is 0 Å². The highest BCUT2D eigenvalue weighted by Gasteiger charge is 2.12. The van der Waals surface area contributed by atoms with E-state index >= 15 is 0 Å². The molecule has 0 aliphatic heterocycles. The van der Waals surface area contributed by atoms with Gasteiger partial charge in [-0.05, 0) is 17.7 Å². The molecule has 2 rings (SSSR count). The first-order valence-corrected chi connectivity index (χ1v) is 4.93. The molecule has 0 radical (unpaired) electrons. The Balaban J connectivity index is 2.15. The average molecular weight is 224 g/mol. The lowest BCUT2D eigenvalue weighted by Crippen LogP contribution is -2.01. The van der Waals surface area contributed by atoms with Crippen LogP contribution in [0.4, 0.5) is 0 Å². The van der Waals surface area contributed by atoms with Gasteiger partial charge >= 0.3 is 0 Å². The van der Waals surface area contributed by atoms with E-state index in [0.29, 0.717) is 17.0 Å². The monoisotopic (exact) mass is 223 g/mol. The Bertz CT molecular complexity index is 428. The lowest BCUT2D eigenvalue weighted by molar-refractivity contribution is 0.178. The maximum absolute atomic E-state index is 9.92. The maximum Gasteiger partial charge on any atom is 0.0935 e. The highest BCUT2D eigenvalue weighted by atomic mass is 35.5. The van der Waals surface area contributed by atoms with Gasteiger partial charge in [0, 0.05) is 24.4 Å². The molecule has 0 saturated carbocycles. The van der Waals surface area contributed by atoms with Crippen LogP contribution in [-0.4, -0.2) is 10.1 Å². The Kier molecular flexibility index (Phi) is 3.04. The molecule has 0 fully saturated rings. The molecule has 2 heterocycles. The van der Waals surface area contributed by atoms with E-state index in [0.717, 1.165) is 5.56 Å². The summed E-state index contributed by atoms with van der Waals surface area (Å²) in [6, 6.07) is 3.53. The number of hydrogen-bond acceptors (Lipinski definition) is 3. The molecule has 3 nitrogen and oxygen atoms in total. The number of pyridine rings is 1.